The number of para-hydroxylation sites is 1. The Morgan fingerprint density at radius 3 is 2.54 bits per heavy atom. The zero-order chi connectivity index (χ0) is 19.5. The number of furan rings is 1. The first-order chi connectivity index (χ1) is 13.6. The second-order valence-electron chi connectivity index (χ2n) is 5.89. The van der Waals surface area contributed by atoms with E-state index in [1.807, 2.05) is 24.3 Å². The summed E-state index contributed by atoms with van der Waals surface area (Å²) in [6, 6.07) is 17.7. The zero-order valence-corrected chi connectivity index (χ0v) is 15.7. The smallest absolute Gasteiger partial charge is 0.318 e. The first kappa shape index (κ1) is 17.7. The van der Waals surface area contributed by atoms with Crippen molar-refractivity contribution in [3.05, 3.63) is 66.4 Å². The van der Waals surface area contributed by atoms with Crippen LogP contribution >= 0.6 is 11.3 Å². The van der Waals surface area contributed by atoms with Crippen LogP contribution < -0.4 is 16.0 Å². The van der Waals surface area contributed by atoms with E-state index in [1.165, 1.54) is 18.4 Å². The van der Waals surface area contributed by atoms with Crippen molar-refractivity contribution in [3.63, 3.8) is 0 Å². The summed E-state index contributed by atoms with van der Waals surface area (Å²) in [4.78, 5) is 28.4. The standard InChI is InChI=1S/C20H16N4O3S/c1-21-20(26)23-13-6-4-5-12(11-13)22-18(25)15-9-10-16(27-15)19-24-14-7-2-3-8-17(14)28-19/h2-11H,1H3,(H,22,25)(H2,21,23,26). The van der Waals surface area contributed by atoms with E-state index >= 15 is 0 Å². The van der Waals surface area contributed by atoms with Gasteiger partial charge in [0.2, 0.25) is 0 Å². The number of benzene rings is 2. The van der Waals surface area contributed by atoms with Crippen LogP contribution in [-0.4, -0.2) is 24.0 Å². The number of carbonyl (C=O) groups is 2. The molecule has 0 aliphatic rings. The van der Waals surface area contributed by atoms with Crippen LogP contribution in [0.5, 0.6) is 0 Å². The van der Waals surface area contributed by atoms with E-state index in [0.29, 0.717) is 17.1 Å². The summed E-state index contributed by atoms with van der Waals surface area (Å²) in [6.45, 7) is 0. The molecular formula is C20H16N4O3S. The third-order valence-corrected chi connectivity index (χ3v) is 4.99. The van der Waals surface area contributed by atoms with Gasteiger partial charge in [0.1, 0.15) is 0 Å². The predicted octanol–water partition coefficient (Wildman–Crippen LogP) is 4.56. The summed E-state index contributed by atoms with van der Waals surface area (Å²) in [5.74, 6) is 0.338. The largest absolute Gasteiger partial charge is 0.448 e. The van der Waals surface area contributed by atoms with Gasteiger partial charge in [0.15, 0.2) is 16.5 Å². The lowest BCUT2D eigenvalue weighted by molar-refractivity contribution is 0.0997. The fourth-order valence-electron chi connectivity index (χ4n) is 2.61. The molecule has 0 unspecified atom stereocenters. The number of hydrogen-bond donors (Lipinski definition) is 3. The highest BCUT2D eigenvalue weighted by atomic mass is 32.1. The summed E-state index contributed by atoms with van der Waals surface area (Å²) < 4.78 is 6.76. The number of rotatable bonds is 4. The van der Waals surface area contributed by atoms with Crippen LogP contribution in [0.4, 0.5) is 16.2 Å². The molecule has 2 aromatic carbocycles. The summed E-state index contributed by atoms with van der Waals surface area (Å²) >= 11 is 1.51. The van der Waals surface area contributed by atoms with Gasteiger partial charge in [-0.05, 0) is 42.5 Å². The number of carbonyl (C=O) groups excluding carboxylic acids is 2. The summed E-state index contributed by atoms with van der Waals surface area (Å²) in [5, 5.41) is 8.60. The minimum Gasteiger partial charge on any atom is -0.448 e. The van der Waals surface area contributed by atoms with Gasteiger partial charge in [0, 0.05) is 18.4 Å². The molecule has 0 aliphatic carbocycles. The Hall–Kier alpha value is -3.65. The van der Waals surface area contributed by atoms with Crippen molar-refractivity contribution in [1.29, 1.82) is 0 Å². The van der Waals surface area contributed by atoms with Gasteiger partial charge in [0.25, 0.3) is 5.91 Å². The Morgan fingerprint density at radius 2 is 1.75 bits per heavy atom. The minimum atomic E-state index is -0.385. The molecule has 2 heterocycles. The number of aromatic nitrogens is 1. The van der Waals surface area contributed by atoms with E-state index in [2.05, 4.69) is 20.9 Å². The Bertz CT molecular complexity index is 1130. The van der Waals surface area contributed by atoms with Crippen molar-refractivity contribution in [2.75, 3.05) is 17.7 Å². The molecule has 8 heteroatoms. The number of hydrogen-bond acceptors (Lipinski definition) is 5. The van der Waals surface area contributed by atoms with Gasteiger partial charge in [-0.15, -0.1) is 11.3 Å². The van der Waals surface area contributed by atoms with Crippen LogP contribution in [-0.2, 0) is 0 Å². The molecule has 7 nitrogen and oxygen atoms in total. The van der Waals surface area contributed by atoms with E-state index in [1.54, 1.807) is 36.4 Å². The lowest BCUT2D eigenvalue weighted by Crippen LogP contribution is -2.24. The van der Waals surface area contributed by atoms with Crippen molar-refractivity contribution in [2.45, 2.75) is 0 Å². The van der Waals surface area contributed by atoms with Crippen molar-refractivity contribution in [3.8, 4) is 10.8 Å². The van der Waals surface area contributed by atoms with E-state index < -0.39 is 0 Å². The van der Waals surface area contributed by atoms with Crippen molar-refractivity contribution in [1.82, 2.24) is 10.3 Å². The van der Waals surface area contributed by atoms with Gasteiger partial charge in [-0.2, -0.15) is 0 Å². The Morgan fingerprint density at radius 1 is 0.964 bits per heavy atom. The van der Waals surface area contributed by atoms with Gasteiger partial charge in [-0.1, -0.05) is 18.2 Å². The second kappa shape index (κ2) is 7.53. The molecule has 0 saturated heterocycles. The van der Waals surface area contributed by atoms with Crippen LogP contribution in [0.25, 0.3) is 21.0 Å². The van der Waals surface area contributed by atoms with E-state index in [9.17, 15) is 9.59 Å². The van der Waals surface area contributed by atoms with Crippen molar-refractivity contribution < 1.29 is 14.0 Å². The van der Waals surface area contributed by atoms with Gasteiger partial charge in [-0.3, -0.25) is 4.79 Å². The van der Waals surface area contributed by atoms with E-state index in [0.717, 1.165) is 15.2 Å². The molecule has 0 atom stereocenters. The molecule has 140 valence electrons. The Labute approximate surface area is 164 Å². The predicted molar refractivity (Wildman–Crippen MR) is 110 cm³/mol. The molecular weight excluding hydrogens is 376 g/mol. The normalized spacial score (nSPS) is 10.6. The van der Waals surface area contributed by atoms with Gasteiger partial charge < -0.3 is 20.4 Å². The molecule has 2 aromatic heterocycles. The highest BCUT2D eigenvalue weighted by Crippen LogP contribution is 2.31. The summed E-state index contributed by atoms with van der Waals surface area (Å²) in [6.07, 6.45) is 0. The maximum atomic E-state index is 12.5. The zero-order valence-electron chi connectivity index (χ0n) is 14.9. The molecule has 0 aliphatic heterocycles. The first-order valence-electron chi connectivity index (χ1n) is 8.48. The molecule has 3 amide bonds. The lowest BCUT2D eigenvalue weighted by Gasteiger charge is -2.07. The first-order valence-corrected chi connectivity index (χ1v) is 9.30. The number of nitrogens with one attached hydrogen (secondary N) is 3. The quantitative estimate of drug-likeness (QED) is 0.474. The molecule has 4 rings (SSSR count). The number of urea groups is 1. The molecule has 0 radical (unpaired) electrons. The minimum absolute atomic E-state index is 0.180. The van der Waals surface area contributed by atoms with Crippen LogP contribution in [0.1, 0.15) is 10.6 Å². The second-order valence-corrected chi connectivity index (χ2v) is 6.92. The average molecular weight is 392 g/mol. The average Bonchev–Trinajstić information content (AvgIpc) is 3.35. The summed E-state index contributed by atoms with van der Waals surface area (Å²) in [7, 11) is 1.53. The SMILES string of the molecule is CNC(=O)Nc1cccc(NC(=O)c2ccc(-c3nc4ccccc4s3)o2)c1. The maximum Gasteiger partial charge on any atom is 0.318 e. The molecule has 28 heavy (non-hydrogen) atoms. The number of anilines is 2. The Kier molecular flexibility index (Phi) is 4.77. The summed E-state index contributed by atoms with van der Waals surface area (Å²) in [5.41, 5.74) is 1.99. The topological polar surface area (TPSA) is 96.3 Å². The fourth-order valence-corrected chi connectivity index (χ4v) is 3.54. The number of fused-ring (bicyclic) bond motifs is 1. The maximum absolute atomic E-state index is 12.5. The van der Waals surface area contributed by atoms with Gasteiger partial charge in [-0.25, -0.2) is 9.78 Å². The number of thiazole rings is 1. The molecule has 4 aromatic rings. The van der Waals surface area contributed by atoms with Crippen LogP contribution in [0.2, 0.25) is 0 Å². The third-order valence-electron chi connectivity index (χ3n) is 3.94. The van der Waals surface area contributed by atoms with E-state index in [4.69, 9.17) is 4.42 Å². The molecule has 0 fully saturated rings. The van der Waals surface area contributed by atoms with Gasteiger partial charge in [0.05, 0.1) is 10.2 Å². The van der Waals surface area contributed by atoms with E-state index in [-0.39, 0.29) is 17.7 Å². The number of nitrogens with zero attached hydrogens (tertiary/aromatic N) is 1. The van der Waals surface area contributed by atoms with Crippen LogP contribution in [0.3, 0.4) is 0 Å². The highest BCUT2D eigenvalue weighted by Gasteiger charge is 2.15. The Balaban J connectivity index is 1.50. The van der Waals surface area contributed by atoms with Gasteiger partial charge >= 0.3 is 6.03 Å². The van der Waals surface area contributed by atoms with Crippen LogP contribution in [0.15, 0.2) is 65.1 Å². The van der Waals surface area contributed by atoms with Crippen molar-refractivity contribution in [2.24, 2.45) is 0 Å². The lowest BCUT2D eigenvalue weighted by atomic mass is 10.2. The molecule has 0 bridgehead atoms. The third kappa shape index (κ3) is 3.72. The molecule has 3 N–H and O–H groups in total. The van der Waals surface area contributed by atoms with Crippen LogP contribution in [0, 0.1) is 0 Å². The molecule has 0 saturated carbocycles. The number of amides is 3. The molecule has 0 spiro atoms. The van der Waals surface area contributed by atoms with Crippen molar-refractivity contribution >= 4 is 44.9 Å². The highest BCUT2D eigenvalue weighted by molar-refractivity contribution is 7.21. The fraction of sp³-hybridized carbons (Fsp3) is 0.0500. The monoisotopic (exact) mass is 392 g/mol.